The molecule has 0 saturated heterocycles. The van der Waals surface area contributed by atoms with Gasteiger partial charge in [-0.1, -0.05) is 6.92 Å². The number of carbonyl (C=O) groups excluding carboxylic acids is 1. The summed E-state index contributed by atoms with van der Waals surface area (Å²) in [7, 11) is 0. The number of hydrogen-bond acceptors (Lipinski definition) is 5. The zero-order valence-electron chi connectivity index (χ0n) is 8.24. The molecule has 3 N–H and O–H groups in total. The molecular formula is C8H15NO5. The molecule has 0 heterocycles. The topological polar surface area (TPSA) is 95.9 Å². The van der Waals surface area contributed by atoms with Crippen molar-refractivity contribution in [2.24, 2.45) is 0 Å². The SMILES string of the molecule is CCC(C)(O)OC(=O)CNCC(=O)O. The van der Waals surface area contributed by atoms with E-state index in [0.29, 0.717) is 0 Å². The Morgan fingerprint density at radius 2 is 2.00 bits per heavy atom. The molecule has 1 atom stereocenters. The minimum atomic E-state index is -1.48. The van der Waals surface area contributed by atoms with Gasteiger partial charge in [0.15, 0.2) is 0 Å². The number of carbonyl (C=O) groups is 2. The highest BCUT2D eigenvalue weighted by Gasteiger charge is 2.22. The van der Waals surface area contributed by atoms with Crippen molar-refractivity contribution in [3.05, 3.63) is 0 Å². The Labute approximate surface area is 81.9 Å². The molecule has 0 bridgehead atoms. The molecule has 0 rings (SSSR count). The largest absolute Gasteiger partial charge is 0.480 e. The van der Waals surface area contributed by atoms with Crippen molar-refractivity contribution < 1.29 is 24.5 Å². The van der Waals surface area contributed by atoms with Gasteiger partial charge >= 0.3 is 11.9 Å². The second kappa shape index (κ2) is 5.56. The summed E-state index contributed by atoms with van der Waals surface area (Å²) >= 11 is 0. The zero-order chi connectivity index (χ0) is 11.2. The third-order valence-electron chi connectivity index (χ3n) is 1.54. The fourth-order valence-corrected chi connectivity index (χ4v) is 0.625. The van der Waals surface area contributed by atoms with Crippen LogP contribution in [0.4, 0.5) is 0 Å². The number of carboxylic acid groups (broad SMARTS) is 1. The predicted molar refractivity (Wildman–Crippen MR) is 47.5 cm³/mol. The average molecular weight is 205 g/mol. The molecule has 1 unspecified atom stereocenters. The summed E-state index contributed by atoms with van der Waals surface area (Å²) in [5, 5.41) is 19.9. The summed E-state index contributed by atoms with van der Waals surface area (Å²) in [5.74, 6) is -3.22. The maximum Gasteiger partial charge on any atom is 0.322 e. The second-order valence-corrected chi connectivity index (χ2v) is 3.00. The fraction of sp³-hybridized carbons (Fsp3) is 0.750. The van der Waals surface area contributed by atoms with Crippen LogP contribution in [-0.4, -0.2) is 41.0 Å². The van der Waals surface area contributed by atoms with E-state index in [1.54, 1.807) is 6.92 Å². The van der Waals surface area contributed by atoms with Gasteiger partial charge < -0.3 is 14.9 Å². The van der Waals surface area contributed by atoms with Crippen LogP contribution in [0.5, 0.6) is 0 Å². The summed E-state index contributed by atoms with van der Waals surface area (Å²) in [6, 6.07) is 0. The number of nitrogens with one attached hydrogen (secondary N) is 1. The highest BCUT2D eigenvalue weighted by atomic mass is 16.7. The van der Waals surface area contributed by atoms with E-state index in [-0.39, 0.29) is 19.5 Å². The first-order chi connectivity index (χ1) is 6.37. The first-order valence-electron chi connectivity index (χ1n) is 4.24. The molecule has 0 spiro atoms. The Bertz CT molecular complexity index is 214. The van der Waals surface area contributed by atoms with Crippen LogP contribution in [0.15, 0.2) is 0 Å². The monoisotopic (exact) mass is 205 g/mol. The van der Waals surface area contributed by atoms with Crippen LogP contribution in [0.2, 0.25) is 0 Å². The van der Waals surface area contributed by atoms with Crippen molar-refractivity contribution in [1.29, 1.82) is 0 Å². The lowest BCUT2D eigenvalue weighted by atomic mass is 10.2. The van der Waals surface area contributed by atoms with E-state index in [2.05, 4.69) is 10.1 Å². The molecule has 14 heavy (non-hydrogen) atoms. The molecule has 0 amide bonds. The van der Waals surface area contributed by atoms with Crippen LogP contribution < -0.4 is 5.32 Å². The number of ether oxygens (including phenoxy) is 1. The molecule has 0 aliphatic carbocycles. The lowest BCUT2D eigenvalue weighted by Gasteiger charge is -2.21. The van der Waals surface area contributed by atoms with Gasteiger partial charge in [-0.15, -0.1) is 0 Å². The van der Waals surface area contributed by atoms with Gasteiger partial charge in [-0.05, 0) is 0 Å². The van der Waals surface area contributed by atoms with E-state index < -0.39 is 17.7 Å². The molecule has 0 aliphatic rings. The number of hydrogen-bond donors (Lipinski definition) is 3. The fourth-order valence-electron chi connectivity index (χ4n) is 0.625. The Hall–Kier alpha value is -1.14. The molecule has 0 radical (unpaired) electrons. The molecule has 0 saturated carbocycles. The van der Waals surface area contributed by atoms with E-state index in [0.717, 1.165) is 0 Å². The summed E-state index contributed by atoms with van der Waals surface area (Å²) in [6.45, 7) is 2.48. The zero-order valence-corrected chi connectivity index (χ0v) is 8.24. The quantitative estimate of drug-likeness (QED) is 0.393. The van der Waals surface area contributed by atoms with Crippen LogP contribution in [0.25, 0.3) is 0 Å². The number of carboxylic acids is 1. The van der Waals surface area contributed by atoms with Gasteiger partial charge in [0.1, 0.15) is 0 Å². The number of rotatable bonds is 6. The van der Waals surface area contributed by atoms with Crippen molar-refractivity contribution in [3.63, 3.8) is 0 Å². The molecular weight excluding hydrogens is 190 g/mol. The molecule has 0 aromatic heterocycles. The van der Waals surface area contributed by atoms with Crippen molar-refractivity contribution in [1.82, 2.24) is 5.32 Å². The highest BCUT2D eigenvalue weighted by Crippen LogP contribution is 2.09. The van der Waals surface area contributed by atoms with Crippen molar-refractivity contribution in [2.45, 2.75) is 26.1 Å². The van der Waals surface area contributed by atoms with Crippen LogP contribution in [-0.2, 0) is 14.3 Å². The van der Waals surface area contributed by atoms with Gasteiger partial charge in [0.25, 0.3) is 0 Å². The van der Waals surface area contributed by atoms with Gasteiger partial charge in [0, 0.05) is 13.3 Å². The molecule has 0 aromatic carbocycles. The Morgan fingerprint density at radius 3 is 2.43 bits per heavy atom. The highest BCUT2D eigenvalue weighted by molar-refractivity contribution is 5.74. The first-order valence-corrected chi connectivity index (χ1v) is 4.24. The smallest absolute Gasteiger partial charge is 0.322 e. The Balaban J connectivity index is 3.71. The number of aliphatic hydroxyl groups is 1. The third kappa shape index (κ3) is 6.38. The lowest BCUT2D eigenvalue weighted by Crippen LogP contribution is -2.36. The maximum absolute atomic E-state index is 11.0. The normalized spacial score (nSPS) is 14.5. The second-order valence-electron chi connectivity index (χ2n) is 3.00. The first kappa shape index (κ1) is 12.9. The van der Waals surface area contributed by atoms with Crippen LogP contribution >= 0.6 is 0 Å². The number of esters is 1. The standard InChI is InChI=1S/C8H15NO5/c1-3-8(2,13)14-7(12)5-9-4-6(10)11/h9,13H,3-5H2,1-2H3,(H,10,11). The summed E-state index contributed by atoms with van der Waals surface area (Å²) in [6.07, 6.45) is 0.275. The minimum absolute atomic E-state index is 0.234. The minimum Gasteiger partial charge on any atom is -0.480 e. The van der Waals surface area contributed by atoms with Gasteiger partial charge in [0.05, 0.1) is 13.1 Å². The summed E-state index contributed by atoms with van der Waals surface area (Å²) < 4.78 is 4.63. The van der Waals surface area contributed by atoms with E-state index in [4.69, 9.17) is 5.11 Å². The molecule has 82 valence electrons. The van der Waals surface area contributed by atoms with E-state index in [1.165, 1.54) is 6.92 Å². The van der Waals surface area contributed by atoms with Crippen molar-refractivity contribution in [2.75, 3.05) is 13.1 Å². The average Bonchev–Trinajstić information content (AvgIpc) is 2.02. The van der Waals surface area contributed by atoms with Gasteiger partial charge in [-0.2, -0.15) is 0 Å². The Kier molecular flexibility index (Phi) is 5.11. The predicted octanol–water partition coefficient (Wildman–Crippen LogP) is -0.678. The number of aliphatic carboxylic acids is 1. The maximum atomic E-state index is 11.0. The molecule has 0 aromatic rings. The summed E-state index contributed by atoms with van der Waals surface area (Å²) in [5.41, 5.74) is 0. The van der Waals surface area contributed by atoms with E-state index in [9.17, 15) is 14.7 Å². The van der Waals surface area contributed by atoms with E-state index in [1.807, 2.05) is 0 Å². The van der Waals surface area contributed by atoms with Gasteiger partial charge in [0.2, 0.25) is 5.79 Å². The summed E-state index contributed by atoms with van der Waals surface area (Å²) in [4.78, 5) is 21.0. The molecule has 6 heteroatoms. The van der Waals surface area contributed by atoms with Gasteiger partial charge in [-0.25, -0.2) is 0 Å². The van der Waals surface area contributed by atoms with Crippen molar-refractivity contribution >= 4 is 11.9 Å². The Morgan fingerprint density at radius 1 is 1.43 bits per heavy atom. The van der Waals surface area contributed by atoms with Crippen LogP contribution in [0.3, 0.4) is 0 Å². The lowest BCUT2D eigenvalue weighted by molar-refractivity contribution is -0.201. The third-order valence-corrected chi connectivity index (χ3v) is 1.54. The molecule has 0 fully saturated rings. The van der Waals surface area contributed by atoms with Crippen LogP contribution in [0.1, 0.15) is 20.3 Å². The molecule has 6 nitrogen and oxygen atoms in total. The van der Waals surface area contributed by atoms with E-state index >= 15 is 0 Å². The molecule has 0 aliphatic heterocycles. The van der Waals surface area contributed by atoms with Crippen molar-refractivity contribution in [3.8, 4) is 0 Å². The van der Waals surface area contributed by atoms with Crippen LogP contribution in [0, 0.1) is 0 Å². The van der Waals surface area contributed by atoms with Gasteiger partial charge in [-0.3, -0.25) is 14.9 Å².